The molecule has 1 aromatic heterocycles. The normalized spacial score (nSPS) is 11.4. The van der Waals surface area contributed by atoms with E-state index in [0.717, 1.165) is 30.0 Å². The molecule has 1 aromatic carbocycles. The molecular formula is C16H12F2N2O3S2. The molecule has 0 aliphatic heterocycles. The number of thiophene rings is 1. The molecule has 1 N–H and O–H groups in total. The van der Waals surface area contributed by atoms with Crippen molar-refractivity contribution in [3.8, 4) is 6.07 Å². The van der Waals surface area contributed by atoms with Crippen LogP contribution in [0.4, 0.5) is 13.8 Å². The van der Waals surface area contributed by atoms with Gasteiger partial charge in [0.2, 0.25) is 0 Å². The lowest BCUT2D eigenvalue weighted by Gasteiger charge is -2.13. The number of hydrogen-bond donors (Lipinski definition) is 1. The number of esters is 1. The van der Waals surface area contributed by atoms with Gasteiger partial charge in [0.25, 0.3) is 5.91 Å². The first-order chi connectivity index (χ1) is 11.9. The number of nitrogens with zero attached hydrogens (tertiary/aromatic N) is 1. The number of ether oxygens (including phenoxy) is 1. The Balaban J connectivity index is 1.86. The maximum atomic E-state index is 13.5. The van der Waals surface area contributed by atoms with E-state index >= 15 is 0 Å². The third kappa shape index (κ3) is 5.27. The van der Waals surface area contributed by atoms with Crippen molar-refractivity contribution in [2.45, 2.75) is 17.9 Å². The summed E-state index contributed by atoms with van der Waals surface area (Å²) >= 11 is 1.95. The molecule has 5 nitrogen and oxygen atoms in total. The summed E-state index contributed by atoms with van der Waals surface area (Å²) in [6.45, 7) is 1.38. The van der Waals surface area contributed by atoms with Crippen molar-refractivity contribution in [2.24, 2.45) is 0 Å². The van der Waals surface area contributed by atoms with Crippen molar-refractivity contribution in [2.75, 3.05) is 11.1 Å². The summed E-state index contributed by atoms with van der Waals surface area (Å²) in [4.78, 5) is 23.7. The lowest BCUT2D eigenvalue weighted by Crippen LogP contribution is -2.30. The van der Waals surface area contributed by atoms with Crippen LogP contribution >= 0.6 is 23.1 Å². The van der Waals surface area contributed by atoms with E-state index in [2.05, 4.69) is 5.32 Å². The topological polar surface area (TPSA) is 79.2 Å². The summed E-state index contributed by atoms with van der Waals surface area (Å²) in [5.74, 6) is -2.88. The molecule has 0 bridgehead atoms. The van der Waals surface area contributed by atoms with E-state index in [0.29, 0.717) is 10.6 Å². The Kier molecular flexibility index (Phi) is 6.50. The van der Waals surface area contributed by atoms with E-state index in [9.17, 15) is 18.4 Å². The largest absolute Gasteiger partial charge is 0.452 e. The van der Waals surface area contributed by atoms with Gasteiger partial charge in [0, 0.05) is 4.90 Å². The predicted octanol–water partition coefficient (Wildman–Crippen LogP) is 3.56. The van der Waals surface area contributed by atoms with E-state index in [4.69, 9.17) is 10.00 Å². The summed E-state index contributed by atoms with van der Waals surface area (Å²) in [6, 6.07) is 6.40. The zero-order chi connectivity index (χ0) is 18.4. The van der Waals surface area contributed by atoms with Crippen LogP contribution in [0.25, 0.3) is 0 Å². The number of carbonyl (C=O) groups is 2. The van der Waals surface area contributed by atoms with Gasteiger partial charge in [-0.25, -0.2) is 8.78 Å². The molecule has 0 radical (unpaired) electrons. The highest BCUT2D eigenvalue weighted by atomic mass is 32.2. The van der Waals surface area contributed by atoms with Crippen molar-refractivity contribution in [1.82, 2.24) is 0 Å². The van der Waals surface area contributed by atoms with Gasteiger partial charge >= 0.3 is 5.97 Å². The first kappa shape index (κ1) is 18.9. The zero-order valence-corrected chi connectivity index (χ0v) is 14.5. The van der Waals surface area contributed by atoms with Crippen LogP contribution in [-0.4, -0.2) is 23.7 Å². The smallest absolute Gasteiger partial charge is 0.317 e. The third-order valence-electron chi connectivity index (χ3n) is 2.94. The van der Waals surface area contributed by atoms with Crippen LogP contribution in [0.1, 0.15) is 12.5 Å². The molecule has 0 unspecified atom stereocenters. The van der Waals surface area contributed by atoms with E-state index in [1.807, 2.05) is 6.07 Å². The lowest BCUT2D eigenvalue weighted by atomic mass is 10.3. The van der Waals surface area contributed by atoms with Crippen molar-refractivity contribution >= 4 is 40.0 Å². The molecule has 1 atom stereocenters. The first-order valence-electron chi connectivity index (χ1n) is 6.96. The standard InChI is InChI=1S/C16H12F2N2O3S2/c1-9(15(22)20-16-10(7-19)4-5-24-16)23-14(21)8-25-13-6-11(17)2-3-12(13)18/h2-6,9H,8H2,1H3,(H,20,22)/t9-/m0/s1. The number of anilines is 1. The summed E-state index contributed by atoms with van der Waals surface area (Å²) in [7, 11) is 0. The van der Waals surface area contributed by atoms with Crippen LogP contribution in [0.15, 0.2) is 34.5 Å². The summed E-state index contributed by atoms with van der Waals surface area (Å²) < 4.78 is 31.5. The van der Waals surface area contributed by atoms with Gasteiger partial charge in [-0.15, -0.1) is 23.1 Å². The Morgan fingerprint density at radius 3 is 2.88 bits per heavy atom. The van der Waals surface area contributed by atoms with E-state index in [-0.39, 0.29) is 10.6 Å². The Bertz CT molecular complexity index is 833. The minimum absolute atomic E-state index is 0.0219. The minimum atomic E-state index is -1.10. The number of nitriles is 1. The Labute approximate surface area is 150 Å². The average Bonchev–Trinajstić information content (AvgIpc) is 3.02. The monoisotopic (exact) mass is 382 g/mol. The van der Waals surface area contributed by atoms with Crippen LogP contribution in [0.5, 0.6) is 0 Å². The molecule has 0 fully saturated rings. The molecule has 1 heterocycles. The molecule has 0 saturated carbocycles. The fourth-order valence-corrected chi connectivity index (χ4v) is 3.20. The van der Waals surface area contributed by atoms with Crippen molar-refractivity contribution in [1.29, 1.82) is 5.26 Å². The number of benzene rings is 1. The van der Waals surface area contributed by atoms with Crippen LogP contribution in [0.3, 0.4) is 0 Å². The molecule has 9 heteroatoms. The molecule has 1 amide bonds. The zero-order valence-electron chi connectivity index (χ0n) is 12.9. The maximum Gasteiger partial charge on any atom is 0.317 e. The fourth-order valence-electron chi connectivity index (χ4n) is 1.72. The highest BCUT2D eigenvalue weighted by Gasteiger charge is 2.20. The van der Waals surface area contributed by atoms with Gasteiger partial charge in [-0.05, 0) is 36.6 Å². The predicted molar refractivity (Wildman–Crippen MR) is 90.3 cm³/mol. The van der Waals surface area contributed by atoms with Crippen molar-refractivity contribution in [3.05, 3.63) is 46.8 Å². The molecule has 0 aliphatic rings. The molecule has 2 rings (SSSR count). The van der Waals surface area contributed by atoms with Crippen molar-refractivity contribution in [3.63, 3.8) is 0 Å². The van der Waals surface area contributed by atoms with Crippen LogP contribution < -0.4 is 5.32 Å². The quantitative estimate of drug-likeness (QED) is 0.610. The highest BCUT2D eigenvalue weighted by molar-refractivity contribution is 8.00. The number of thioether (sulfide) groups is 1. The lowest BCUT2D eigenvalue weighted by molar-refractivity contribution is -0.150. The Morgan fingerprint density at radius 2 is 2.16 bits per heavy atom. The van der Waals surface area contributed by atoms with Gasteiger partial charge < -0.3 is 10.1 Å². The van der Waals surface area contributed by atoms with Gasteiger partial charge in [0.15, 0.2) is 6.10 Å². The first-order valence-corrected chi connectivity index (χ1v) is 8.83. The second-order valence-corrected chi connectivity index (χ2v) is 6.69. The second-order valence-electron chi connectivity index (χ2n) is 4.76. The number of hydrogen-bond acceptors (Lipinski definition) is 6. The third-order valence-corrected chi connectivity index (χ3v) is 4.77. The van der Waals surface area contributed by atoms with E-state index < -0.39 is 29.6 Å². The molecule has 0 saturated heterocycles. The Hall–Kier alpha value is -2.44. The van der Waals surface area contributed by atoms with Gasteiger partial charge in [-0.3, -0.25) is 9.59 Å². The van der Waals surface area contributed by atoms with Crippen LogP contribution in [0, 0.1) is 23.0 Å². The average molecular weight is 382 g/mol. The Morgan fingerprint density at radius 1 is 1.40 bits per heavy atom. The second kappa shape index (κ2) is 8.60. The number of nitrogens with one attached hydrogen (secondary N) is 1. The van der Waals surface area contributed by atoms with Crippen molar-refractivity contribution < 1.29 is 23.1 Å². The van der Waals surface area contributed by atoms with Crippen LogP contribution in [0.2, 0.25) is 0 Å². The summed E-state index contributed by atoms with van der Waals surface area (Å²) in [5, 5.41) is 13.4. The molecular weight excluding hydrogens is 370 g/mol. The van der Waals surface area contributed by atoms with Gasteiger partial charge in [0.1, 0.15) is 22.7 Å². The number of amides is 1. The number of carbonyl (C=O) groups excluding carboxylic acids is 2. The van der Waals surface area contributed by atoms with E-state index in [1.54, 1.807) is 11.4 Å². The molecule has 2 aromatic rings. The van der Waals surface area contributed by atoms with Gasteiger partial charge in [0.05, 0.1) is 11.3 Å². The number of halogens is 2. The molecule has 0 aliphatic carbocycles. The minimum Gasteiger partial charge on any atom is -0.452 e. The SMILES string of the molecule is C[C@H](OC(=O)CSc1cc(F)ccc1F)C(=O)Nc1sccc1C#N. The van der Waals surface area contributed by atoms with Crippen LogP contribution in [-0.2, 0) is 14.3 Å². The fraction of sp³-hybridized carbons (Fsp3) is 0.188. The van der Waals surface area contributed by atoms with Gasteiger partial charge in [-0.2, -0.15) is 5.26 Å². The number of rotatable bonds is 6. The molecule has 0 spiro atoms. The van der Waals surface area contributed by atoms with Gasteiger partial charge in [-0.1, -0.05) is 0 Å². The van der Waals surface area contributed by atoms with E-state index in [1.165, 1.54) is 18.3 Å². The molecule has 25 heavy (non-hydrogen) atoms. The summed E-state index contributed by atoms with van der Waals surface area (Å²) in [6.07, 6.45) is -1.10. The summed E-state index contributed by atoms with van der Waals surface area (Å²) in [5.41, 5.74) is 0.314. The molecule has 130 valence electrons. The highest BCUT2D eigenvalue weighted by Crippen LogP contribution is 2.24. The maximum absolute atomic E-state index is 13.5.